The molecule has 3 heterocycles. The molecule has 260 valence electrons. The third kappa shape index (κ3) is 6.99. The number of hydrogen-bond donors (Lipinski definition) is 0. The predicted molar refractivity (Wildman–Crippen MR) is 201 cm³/mol. The van der Waals surface area contributed by atoms with E-state index in [9.17, 15) is 0 Å². The van der Waals surface area contributed by atoms with Crippen LogP contribution < -0.4 is 4.74 Å². The van der Waals surface area contributed by atoms with Crippen molar-refractivity contribution in [2.75, 3.05) is 0 Å². The monoisotopic (exact) mass is 843 g/mol. The van der Waals surface area contributed by atoms with Gasteiger partial charge in [-0.25, -0.2) is 4.98 Å². The Kier molecular flexibility index (Phi) is 11.1. The number of rotatable bonds is 11. The number of nitrogens with zero attached hydrogens (tertiary/aromatic N) is 4. The van der Waals surface area contributed by atoms with Crippen LogP contribution in [0.1, 0.15) is 100 Å². The zero-order valence-electron chi connectivity index (χ0n) is 30.3. The van der Waals surface area contributed by atoms with E-state index in [-0.39, 0.29) is 21.1 Å². The van der Waals surface area contributed by atoms with Crippen LogP contribution in [0.2, 0.25) is 0 Å². The van der Waals surface area contributed by atoms with Gasteiger partial charge in [0.1, 0.15) is 5.82 Å². The van der Waals surface area contributed by atoms with Gasteiger partial charge in [0.15, 0.2) is 0 Å². The van der Waals surface area contributed by atoms with E-state index in [1.54, 1.807) is 0 Å². The first-order valence-electron chi connectivity index (χ1n) is 18.2. The molecule has 0 bridgehead atoms. The van der Waals surface area contributed by atoms with E-state index in [1.807, 2.05) is 18.3 Å². The molecule has 1 aliphatic carbocycles. The van der Waals surface area contributed by atoms with Crippen LogP contribution in [0, 0.1) is 31.9 Å². The molecule has 3 aromatic carbocycles. The second kappa shape index (κ2) is 15.5. The maximum Gasteiger partial charge on any atom is 2.00 e. The molecule has 0 spiro atoms. The fraction of sp³-hybridized carbons (Fsp3) is 0.364. The van der Waals surface area contributed by atoms with Gasteiger partial charge in [-0.1, -0.05) is 75.9 Å². The van der Waals surface area contributed by atoms with E-state index in [4.69, 9.17) is 14.8 Å². The summed E-state index contributed by atoms with van der Waals surface area (Å²) in [5, 5.41) is 7.69. The van der Waals surface area contributed by atoms with Gasteiger partial charge in [-0.2, -0.15) is 16.7 Å². The second-order valence-electron chi connectivity index (χ2n) is 14.0. The van der Waals surface area contributed by atoms with Gasteiger partial charge in [0.2, 0.25) is 0 Å². The smallest absolute Gasteiger partial charge is 0.509 e. The van der Waals surface area contributed by atoms with Crippen molar-refractivity contribution in [2.24, 2.45) is 5.92 Å². The summed E-state index contributed by atoms with van der Waals surface area (Å²) in [6.07, 6.45) is 13.3. The van der Waals surface area contributed by atoms with Gasteiger partial charge >= 0.3 is 21.1 Å². The van der Waals surface area contributed by atoms with Crippen molar-refractivity contribution in [3.8, 4) is 23.0 Å². The number of unbranched alkanes of at least 4 members (excludes halogenated alkanes) is 2. The summed E-state index contributed by atoms with van der Waals surface area (Å²) in [7, 11) is 0. The molecule has 6 aromatic rings. The van der Waals surface area contributed by atoms with E-state index in [1.165, 1.54) is 40.8 Å². The number of aryl methyl sites for hydroxylation is 3. The average Bonchev–Trinajstić information content (AvgIpc) is 3.61. The third-order valence-corrected chi connectivity index (χ3v) is 10.2. The van der Waals surface area contributed by atoms with Crippen LogP contribution in [0.25, 0.3) is 33.3 Å². The number of fused-ring (bicyclic) bond motifs is 3. The number of benzene rings is 3. The van der Waals surface area contributed by atoms with Crippen LogP contribution in [0.5, 0.6) is 11.5 Å². The molecule has 50 heavy (non-hydrogen) atoms. The summed E-state index contributed by atoms with van der Waals surface area (Å²) in [5.74, 6) is 3.19. The molecule has 2 atom stereocenters. The van der Waals surface area contributed by atoms with Gasteiger partial charge in [-0.05, 0) is 93.1 Å². The van der Waals surface area contributed by atoms with E-state index >= 15 is 0 Å². The molecule has 1 aliphatic rings. The molecule has 7 rings (SSSR count). The zero-order chi connectivity index (χ0) is 34.1. The molecule has 6 heteroatoms. The van der Waals surface area contributed by atoms with Crippen molar-refractivity contribution in [2.45, 2.75) is 98.8 Å². The SMILES string of the molecule is CCCCc1nn(-c2[c-]c(Oc3[c-]c4c(cc3)c3ccccc3n4-c3cc(C)ccn3)cc(C)c2)c(CCCC)c1C1C(C)=CCC[C@@H]1C.[Pt+2]. The van der Waals surface area contributed by atoms with E-state index in [0.717, 1.165) is 77.6 Å². The number of aromatic nitrogens is 4. The van der Waals surface area contributed by atoms with Crippen molar-refractivity contribution in [1.29, 1.82) is 0 Å². The zero-order valence-corrected chi connectivity index (χ0v) is 32.5. The fourth-order valence-corrected chi connectivity index (χ4v) is 7.78. The summed E-state index contributed by atoms with van der Waals surface area (Å²) in [4.78, 5) is 4.74. The maximum atomic E-state index is 6.62. The number of ether oxygens (including phenoxy) is 1. The van der Waals surface area contributed by atoms with E-state index in [2.05, 4.69) is 118 Å². The summed E-state index contributed by atoms with van der Waals surface area (Å²) >= 11 is 0. The van der Waals surface area contributed by atoms with Crippen molar-refractivity contribution < 1.29 is 25.8 Å². The Morgan fingerprint density at radius 1 is 0.860 bits per heavy atom. The molecule has 0 saturated heterocycles. The summed E-state index contributed by atoms with van der Waals surface area (Å²) in [6, 6.07) is 28.3. The van der Waals surface area contributed by atoms with Crippen LogP contribution in [0.3, 0.4) is 0 Å². The Balaban J connectivity index is 0.00000432. The molecule has 0 radical (unpaired) electrons. The molecular formula is C44H48N4OPt. The first-order valence-corrected chi connectivity index (χ1v) is 18.2. The Morgan fingerprint density at radius 2 is 1.66 bits per heavy atom. The first kappa shape index (κ1) is 35.9. The molecule has 5 nitrogen and oxygen atoms in total. The van der Waals surface area contributed by atoms with Gasteiger partial charge < -0.3 is 9.30 Å². The Hall–Kier alpha value is -3.95. The molecule has 0 fully saturated rings. The second-order valence-corrected chi connectivity index (χ2v) is 14.0. The largest absolute Gasteiger partial charge is 2.00 e. The first-order chi connectivity index (χ1) is 23.9. The van der Waals surface area contributed by atoms with Gasteiger partial charge in [0.25, 0.3) is 0 Å². The fourth-order valence-electron chi connectivity index (χ4n) is 7.78. The quantitative estimate of drug-likeness (QED) is 0.0964. The Labute approximate surface area is 312 Å². The van der Waals surface area contributed by atoms with Crippen LogP contribution in [-0.4, -0.2) is 19.3 Å². The predicted octanol–water partition coefficient (Wildman–Crippen LogP) is 11.5. The molecule has 0 aliphatic heterocycles. The van der Waals surface area contributed by atoms with Crippen LogP contribution in [-0.2, 0) is 33.9 Å². The summed E-state index contributed by atoms with van der Waals surface area (Å²) < 4.78 is 11.0. The summed E-state index contributed by atoms with van der Waals surface area (Å²) in [6.45, 7) is 13.5. The minimum absolute atomic E-state index is 0. The van der Waals surface area contributed by atoms with Crippen molar-refractivity contribution in [3.05, 3.63) is 119 Å². The minimum atomic E-state index is 0. The van der Waals surface area contributed by atoms with Crippen molar-refractivity contribution in [1.82, 2.24) is 19.3 Å². The van der Waals surface area contributed by atoms with E-state index < -0.39 is 0 Å². The molecule has 1 unspecified atom stereocenters. The Bertz CT molecular complexity index is 2160. The van der Waals surface area contributed by atoms with Gasteiger partial charge in [0.05, 0.1) is 5.69 Å². The van der Waals surface area contributed by atoms with Crippen LogP contribution >= 0.6 is 0 Å². The summed E-state index contributed by atoms with van der Waals surface area (Å²) in [5.41, 5.74) is 10.8. The number of hydrogen-bond acceptors (Lipinski definition) is 3. The molecule has 0 N–H and O–H groups in total. The van der Waals surface area contributed by atoms with Gasteiger partial charge in [-0.15, -0.1) is 35.7 Å². The molecule has 3 aromatic heterocycles. The topological polar surface area (TPSA) is 44.9 Å². The van der Waals surface area contributed by atoms with Gasteiger partial charge in [0, 0.05) is 40.4 Å². The normalized spacial score (nSPS) is 16.1. The standard InChI is InChI=1S/C44H48N4O.Pt/c1-7-9-17-38-44(43-31(5)14-13-15-32(43)6)40(18-10-8-2)48(46-38)33-24-30(4)25-35(27-33)49-34-20-21-37-36-16-11-12-19-39(36)47(41(37)28-34)42-26-29(3)22-23-45-42;/h11-12,14,16,19-26,32,43H,7-10,13,15,17-18H2,1-6H3;/q-2;+2/t32-,43?;/m0./s1. The Morgan fingerprint density at radius 3 is 2.44 bits per heavy atom. The van der Waals surface area contributed by atoms with Crippen molar-refractivity contribution >= 4 is 21.8 Å². The number of allylic oxidation sites excluding steroid dienone is 2. The third-order valence-electron chi connectivity index (χ3n) is 10.2. The minimum Gasteiger partial charge on any atom is -0.509 e. The molecular weight excluding hydrogens is 796 g/mol. The maximum absolute atomic E-state index is 6.62. The number of para-hydroxylation sites is 1. The van der Waals surface area contributed by atoms with Crippen LogP contribution in [0.4, 0.5) is 0 Å². The van der Waals surface area contributed by atoms with Crippen molar-refractivity contribution in [3.63, 3.8) is 0 Å². The number of pyridine rings is 1. The molecule has 0 saturated carbocycles. The van der Waals surface area contributed by atoms with E-state index in [0.29, 0.717) is 23.3 Å². The van der Waals surface area contributed by atoms with Crippen LogP contribution in [0.15, 0.2) is 78.5 Å². The molecule has 0 amide bonds. The average molecular weight is 844 g/mol. The van der Waals surface area contributed by atoms with Gasteiger partial charge in [-0.3, -0.25) is 4.68 Å².